The van der Waals surface area contributed by atoms with Crippen LogP contribution in [0.5, 0.6) is 5.75 Å². The molecule has 1 aliphatic carbocycles. The molecule has 1 fully saturated rings. The largest absolute Gasteiger partial charge is 0.486 e. The van der Waals surface area contributed by atoms with Crippen molar-refractivity contribution in [3.05, 3.63) is 45.4 Å². The Hall–Kier alpha value is -2.12. The first kappa shape index (κ1) is 20.6. The minimum Gasteiger partial charge on any atom is -0.486 e. The maximum absolute atomic E-state index is 12.2. The lowest BCUT2D eigenvalue weighted by atomic mass is 9.95. The van der Waals surface area contributed by atoms with Crippen LogP contribution in [0.4, 0.5) is 0 Å². The second kappa shape index (κ2) is 10.4. The van der Waals surface area contributed by atoms with Gasteiger partial charge in [0.05, 0.1) is 0 Å². The highest BCUT2D eigenvalue weighted by molar-refractivity contribution is 7.09. The summed E-state index contributed by atoms with van der Waals surface area (Å²) in [6.07, 6.45) is 5.99. The van der Waals surface area contributed by atoms with Crippen LogP contribution in [0.15, 0.2) is 29.6 Å². The molecule has 2 N–H and O–H groups in total. The number of aromatic nitrogens is 1. The molecule has 0 aliphatic heterocycles. The lowest BCUT2D eigenvalue weighted by Crippen LogP contribution is -2.38. The molecule has 1 heterocycles. The summed E-state index contributed by atoms with van der Waals surface area (Å²) in [6, 6.07) is 7.35. The molecule has 150 valence electrons. The van der Waals surface area contributed by atoms with Gasteiger partial charge in [-0.05, 0) is 37.1 Å². The zero-order chi connectivity index (χ0) is 19.8. The molecule has 0 atom stereocenters. The molecule has 0 bridgehead atoms. The van der Waals surface area contributed by atoms with E-state index in [9.17, 15) is 9.59 Å². The van der Waals surface area contributed by atoms with E-state index in [0.717, 1.165) is 12.8 Å². The molecular weight excluding hydrogens is 398 g/mol. The van der Waals surface area contributed by atoms with Crippen molar-refractivity contribution in [3.63, 3.8) is 0 Å². The van der Waals surface area contributed by atoms with Crippen LogP contribution >= 0.6 is 22.9 Å². The van der Waals surface area contributed by atoms with Crippen molar-refractivity contribution in [3.8, 4) is 5.75 Å². The van der Waals surface area contributed by atoms with Crippen LogP contribution in [-0.2, 0) is 11.4 Å². The number of hydrogen-bond acceptors (Lipinski definition) is 5. The predicted octanol–water partition coefficient (Wildman–Crippen LogP) is 3.94. The standard InChI is InChI=1S/C20H24ClN3O3S/c21-14-6-8-16(9-7-14)27-12-19-24-17(13-28-19)20(26)22-11-10-18(25)23-15-4-2-1-3-5-15/h6-9,13,15H,1-5,10-12H2,(H,22,26)(H,23,25). The summed E-state index contributed by atoms with van der Waals surface area (Å²) in [5.41, 5.74) is 0.340. The molecule has 0 unspecified atom stereocenters. The molecule has 0 saturated heterocycles. The summed E-state index contributed by atoms with van der Waals surface area (Å²) >= 11 is 7.20. The van der Waals surface area contributed by atoms with E-state index in [-0.39, 0.29) is 24.8 Å². The van der Waals surface area contributed by atoms with E-state index in [4.69, 9.17) is 16.3 Å². The molecule has 1 aliphatic rings. The van der Waals surface area contributed by atoms with Crippen molar-refractivity contribution in [2.24, 2.45) is 0 Å². The van der Waals surface area contributed by atoms with Crippen molar-refractivity contribution in [1.82, 2.24) is 15.6 Å². The molecule has 1 saturated carbocycles. The summed E-state index contributed by atoms with van der Waals surface area (Å²) in [5, 5.41) is 8.84. The second-order valence-corrected chi connectivity index (χ2v) is 8.16. The van der Waals surface area contributed by atoms with E-state index >= 15 is 0 Å². The van der Waals surface area contributed by atoms with Crippen molar-refractivity contribution in [2.45, 2.75) is 51.2 Å². The van der Waals surface area contributed by atoms with Gasteiger partial charge in [-0.1, -0.05) is 30.9 Å². The van der Waals surface area contributed by atoms with Crippen LogP contribution in [0.3, 0.4) is 0 Å². The van der Waals surface area contributed by atoms with Gasteiger partial charge in [0.2, 0.25) is 5.91 Å². The number of amides is 2. The lowest BCUT2D eigenvalue weighted by molar-refractivity contribution is -0.121. The summed E-state index contributed by atoms with van der Waals surface area (Å²) in [5.74, 6) is 0.400. The average molecular weight is 422 g/mol. The van der Waals surface area contributed by atoms with E-state index in [1.54, 1.807) is 29.6 Å². The zero-order valence-corrected chi connectivity index (χ0v) is 17.2. The van der Waals surface area contributed by atoms with Crippen LogP contribution < -0.4 is 15.4 Å². The van der Waals surface area contributed by atoms with Crippen LogP contribution in [0.1, 0.15) is 54.0 Å². The number of carbonyl (C=O) groups is 2. The molecule has 2 amide bonds. The van der Waals surface area contributed by atoms with Crippen LogP contribution in [0, 0.1) is 0 Å². The highest BCUT2D eigenvalue weighted by Gasteiger charge is 2.16. The average Bonchev–Trinajstić information content (AvgIpc) is 3.17. The van der Waals surface area contributed by atoms with Gasteiger partial charge in [0.15, 0.2) is 0 Å². The summed E-state index contributed by atoms with van der Waals surface area (Å²) in [7, 11) is 0. The molecule has 6 nitrogen and oxygen atoms in total. The van der Waals surface area contributed by atoms with Gasteiger partial charge in [0.25, 0.3) is 5.91 Å². The highest BCUT2D eigenvalue weighted by atomic mass is 35.5. The Balaban J connectivity index is 1.37. The first-order chi connectivity index (χ1) is 13.6. The monoisotopic (exact) mass is 421 g/mol. The number of thiazole rings is 1. The molecular formula is C20H24ClN3O3S. The van der Waals surface area contributed by atoms with Gasteiger partial charge >= 0.3 is 0 Å². The predicted molar refractivity (Wildman–Crippen MR) is 110 cm³/mol. The van der Waals surface area contributed by atoms with Gasteiger partial charge in [0.1, 0.15) is 23.1 Å². The Kier molecular flexibility index (Phi) is 7.68. The third-order valence-corrected chi connectivity index (χ3v) is 5.64. The van der Waals surface area contributed by atoms with Crippen LogP contribution in [0.2, 0.25) is 5.02 Å². The van der Waals surface area contributed by atoms with Gasteiger partial charge < -0.3 is 15.4 Å². The van der Waals surface area contributed by atoms with E-state index < -0.39 is 0 Å². The van der Waals surface area contributed by atoms with E-state index in [1.165, 1.54) is 30.6 Å². The number of carbonyl (C=O) groups excluding carboxylic acids is 2. The molecule has 28 heavy (non-hydrogen) atoms. The number of rotatable bonds is 8. The van der Waals surface area contributed by atoms with Gasteiger partial charge in [-0.2, -0.15) is 0 Å². The topological polar surface area (TPSA) is 80.3 Å². The molecule has 3 rings (SSSR count). The summed E-state index contributed by atoms with van der Waals surface area (Å²) in [4.78, 5) is 28.4. The van der Waals surface area contributed by atoms with Crippen LogP contribution in [0.25, 0.3) is 0 Å². The fraction of sp³-hybridized carbons (Fsp3) is 0.450. The van der Waals surface area contributed by atoms with Gasteiger partial charge in [-0.3, -0.25) is 9.59 Å². The Morgan fingerprint density at radius 1 is 1.18 bits per heavy atom. The van der Waals surface area contributed by atoms with Gasteiger partial charge in [0, 0.05) is 29.4 Å². The zero-order valence-electron chi connectivity index (χ0n) is 15.6. The fourth-order valence-electron chi connectivity index (χ4n) is 3.08. The van der Waals surface area contributed by atoms with Gasteiger partial charge in [-0.25, -0.2) is 4.98 Å². The number of benzene rings is 1. The molecule has 1 aromatic heterocycles. The minimum atomic E-state index is -0.278. The van der Waals surface area contributed by atoms with Crippen molar-refractivity contribution < 1.29 is 14.3 Å². The normalized spacial score (nSPS) is 14.5. The van der Waals surface area contributed by atoms with E-state index in [1.807, 2.05) is 0 Å². The SMILES string of the molecule is O=C(CCNC(=O)c1csc(COc2ccc(Cl)cc2)n1)NC1CCCCC1. The first-order valence-corrected chi connectivity index (χ1v) is 10.8. The third kappa shape index (κ3) is 6.49. The Labute approximate surface area is 173 Å². The molecule has 0 spiro atoms. The maximum atomic E-state index is 12.2. The maximum Gasteiger partial charge on any atom is 0.270 e. The minimum absolute atomic E-state index is 0.0115. The first-order valence-electron chi connectivity index (χ1n) is 9.50. The van der Waals surface area contributed by atoms with Crippen LogP contribution in [-0.4, -0.2) is 29.4 Å². The highest BCUT2D eigenvalue weighted by Crippen LogP contribution is 2.19. The van der Waals surface area contributed by atoms with Crippen molar-refractivity contribution >= 4 is 34.8 Å². The third-order valence-electron chi connectivity index (χ3n) is 4.57. The summed E-state index contributed by atoms with van der Waals surface area (Å²) < 4.78 is 5.63. The quantitative estimate of drug-likeness (QED) is 0.676. The number of ether oxygens (including phenoxy) is 1. The lowest BCUT2D eigenvalue weighted by Gasteiger charge is -2.22. The van der Waals surface area contributed by atoms with E-state index in [0.29, 0.717) is 34.1 Å². The molecule has 8 heteroatoms. The molecule has 0 radical (unpaired) electrons. The Morgan fingerprint density at radius 2 is 1.93 bits per heavy atom. The smallest absolute Gasteiger partial charge is 0.270 e. The Morgan fingerprint density at radius 3 is 2.68 bits per heavy atom. The second-order valence-electron chi connectivity index (χ2n) is 6.78. The summed E-state index contributed by atoms with van der Waals surface area (Å²) in [6.45, 7) is 0.578. The Bertz CT molecular complexity index is 788. The van der Waals surface area contributed by atoms with E-state index in [2.05, 4.69) is 15.6 Å². The number of nitrogens with zero attached hydrogens (tertiary/aromatic N) is 1. The van der Waals surface area contributed by atoms with Gasteiger partial charge in [-0.15, -0.1) is 11.3 Å². The number of nitrogens with one attached hydrogen (secondary N) is 2. The molecule has 1 aromatic carbocycles. The molecule has 2 aromatic rings. The van der Waals surface area contributed by atoms with Crippen molar-refractivity contribution in [1.29, 1.82) is 0 Å². The fourth-order valence-corrected chi connectivity index (χ4v) is 3.90. The number of hydrogen-bond donors (Lipinski definition) is 2. The number of halogens is 1. The van der Waals surface area contributed by atoms with Crippen molar-refractivity contribution in [2.75, 3.05) is 6.54 Å².